The van der Waals surface area contributed by atoms with Crippen molar-refractivity contribution in [3.63, 3.8) is 0 Å². The van der Waals surface area contributed by atoms with Crippen LogP contribution in [0.25, 0.3) is 21.5 Å². The fourth-order valence-corrected chi connectivity index (χ4v) is 3.71. The molecule has 0 saturated carbocycles. The topological polar surface area (TPSA) is 68.0 Å². The number of nitrogens with one attached hydrogen (secondary N) is 1. The summed E-state index contributed by atoms with van der Waals surface area (Å²) in [6.45, 7) is 2.00. The van der Waals surface area contributed by atoms with E-state index in [-0.39, 0.29) is 30.1 Å². The summed E-state index contributed by atoms with van der Waals surface area (Å²) in [5, 5.41) is 3.31. The second-order valence-corrected chi connectivity index (χ2v) is 7.31. The van der Waals surface area contributed by atoms with Crippen LogP contribution in [-0.2, 0) is 11.2 Å². The first kappa shape index (κ1) is 18.2. The average Bonchev–Trinajstić information content (AvgIpc) is 3.26. The molecule has 0 aliphatic rings. The van der Waals surface area contributed by atoms with Gasteiger partial charge in [0.25, 0.3) is 0 Å². The smallest absolute Gasteiger partial charge is 0.226 e. The van der Waals surface area contributed by atoms with Crippen molar-refractivity contribution >= 4 is 32.6 Å². The number of hydrogen-bond donors (Lipinski definition) is 1. The highest BCUT2D eigenvalue weighted by atomic mass is 32.1. The first-order valence-corrected chi connectivity index (χ1v) is 9.37. The highest BCUT2D eigenvalue weighted by molar-refractivity contribution is 7.22. The Hall–Kier alpha value is -3.13. The van der Waals surface area contributed by atoms with E-state index in [2.05, 4.69) is 15.3 Å². The van der Waals surface area contributed by atoms with Crippen molar-refractivity contribution in [2.45, 2.75) is 19.8 Å². The Balaban J connectivity index is 1.38. The zero-order valence-corrected chi connectivity index (χ0v) is 15.6. The number of hydrogen-bond acceptors (Lipinski definition) is 5. The first-order valence-electron chi connectivity index (χ1n) is 8.55. The molecule has 2 aromatic carbocycles. The largest absolute Gasteiger partial charge is 0.441 e. The maximum atomic E-state index is 13.8. The molecule has 0 radical (unpaired) electrons. The van der Waals surface area contributed by atoms with Crippen molar-refractivity contribution in [3.8, 4) is 11.3 Å². The van der Waals surface area contributed by atoms with E-state index < -0.39 is 11.6 Å². The Bertz CT molecular complexity index is 1170. The van der Waals surface area contributed by atoms with Crippen LogP contribution in [0.1, 0.15) is 17.9 Å². The number of nitrogens with zero attached hydrogens (tertiary/aromatic N) is 2. The number of anilines is 1. The highest BCUT2D eigenvalue weighted by Crippen LogP contribution is 2.27. The summed E-state index contributed by atoms with van der Waals surface area (Å²) in [4.78, 5) is 20.6. The molecule has 0 fully saturated rings. The molecule has 2 aromatic heterocycles. The van der Waals surface area contributed by atoms with Crippen LogP contribution < -0.4 is 5.32 Å². The van der Waals surface area contributed by atoms with Gasteiger partial charge in [-0.2, -0.15) is 0 Å². The van der Waals surface area contributed by atoms with E-state index in [4.69, 9.17) is 4.42 Å². The highest BCUT2D eigenvalue weighted by Gasteiger charge is 2.14. The van der Waals surface area contributed by atoms with Crippen molar-refractivity contribution in [1.29, 1.82) is 0 Å². The fraction of sp³-hybridized carbons (Fsp3) is 0.150. The van der Waals surface area contributed by atoms with Crippen LogP contribution in [0.3, 0.4) is 0 Å². The number of carbonyl (C=O) groups excluding carboxylic acids is 1. The molecule has 0 atom stereocenters. The van der Waals surface area contributed by atoms with Gasteiger partial charge < -0.3 is 9.73 Å². The molecule has 8 heteroatoms. The maximum absolute atomic E-state index is 13.8. The van der Waals surface area contributed by atoms with Gasteiger partial charge in [-0.15, -0.1) is 0 Å². The summed E-state index contributed by atoms with van der Waals surface area (Å²) in [5.41, 5.74) is 2.09. The van der Waals surface area contributed by atoms with Gasteiger partial charge in [0.15, 0.2) is 16.8 Å². The molecule has 0 spiro atoms. The molecule has 142 valence electrons. The Kier molecular flexibility index (Phi) is 4.87. The minimum atomic E-state index is -0.730. The number of benzene rings is 2. The Morgan fingerprint density at radius 2 is 2.07 bits per heavy atom. The summed E-state index contributed by atoms with van der Waals surface area (Å²) >= 11 is 1.41. The minimum Gasteiger partial charge on any atom is -0.441 e. The molecule has 28 heavy (non-hydrogen) atoms. The van der Waals surface area contributed by atoms with Gasteiger partial charge in [-0.1, -0.05) is 17.4 Å². The van der Waals surface area contributed by atoms with Crippen molar-refractivity contribution < 1.29 is 18.0 Å². The third-order valence-corrected chi connectivity index (χ3v) is 5.04. The van der Waals surface area contributed by atoms with Gasteiger partial charge >= 0.3 is 0 Å². The molecule has 0 unspecified atom stereocenters. The molecule has 0 aliphatic heterocycles. The SMILES string of the molecule is Cc1ccc2nc(NC(=O)CCc3ncc(-c4ccc(F)cc4F)o3)sc2c1. The lowest BCUT2D eigenvalue weighted by Gasteiger charge is -2.00. The summed E-state index contributed by atoms with van der Waals surface area (Å²) in [5.74, 6) is -1.12. The zero-order valence-electron chi connectivity index (χ0n) is 14.8. The van der Waals surface area contributed by atoms with E-state index in [0.29, 0.717) is 11.0 Å². The molecular formula is C20H15F2N3O2S. The number of aryl methyl sites for hydroxylation is 2. The molecule has 0 saturated heterocycles. The van der Waals surface area contributed by atoms with E-state index in [1.807, 2.05) is 25.1 Å². The van der Waals surface area contributed by atoms with E-state index in [0.717, 1.165) is 27.9 Å². The summed E-state index contributed by atoms with van der Waals surface area (Å²) < 4.78 is 33.3. The molecule has 5 nitrogen and oxygen atoms in total. The molecule has 0 bridgehead atoms. The molecule has 4 aromatic rings. The van der Waals surface area contributed by atoms with Gasteiger partial charge in [0.1, 0.15) is 11.6 Å². The maximum Gasteiger partial charge on any atom is 0.226 e. The lowest BCUT2D eigenvalue weighted by Crippen LogP contribution is -2.12. The van der Waals surface area contributed by atoms with Crippen molar-refractivity contribution in [1.82, 2.24) is 9.97 Å². The number of rotatable bonds is 5. The third kappa shape index (κ3) is 3.91. The Morgan fingerprint density at radius 1 is 1.21 bits per heavy atom. The van der Waals surface area contributed by atoms with Crippen molar-refractivity contribution in [2.75, 3.05) is 5.32 Å². The predicted octanol–water partition coefficient (Wildman–Crippen LogP) is 5.11. The van der Waals surface area contributed by atoms with E-state index in [1.165, 1.54) is 23.6 Å². The third-order valence-electron chi connectivity index (χ3n) is 4.11. The number of oxazole rings is 1. The van der Waals surface area contributed by atoms with Crippen molar-refractivity contribution in [2.24, 2.45) is 0 Å². The number of amides is 1. The molecule has 2 heterocycles. The number of halogens is 2. The molecule has 1 amide bonds. The van der Waals surface area contributed by atoms with Crippen LogP contribution in [0.4, 0.5) is 13.9 Å². The number of carbonyl (C=O) groups is 1. The van der Waals surface area contributed by atoms with Crippen LogP contribution in [0.2, 0.25) is 0 Å². The molecule has 4 rings (SSSR count). The molecular weight excluding hydrogens is 384 g/mol. The van der Waals surface area contributed by atoms with Gasteiger partial charge in [-0.25, -0.2) is 18.7 Å². The average molecular weight is 399 g/mol. The second-order valence-electron chi connectivity index (χ2n) is 6.28. The van der Waals surface area contributed by atoms with Gasteiger partial charge in [-0.05, 0) is 36.8 Å². The van der Waals surface area contributed by atoms with Gasteiger partial charge in [-0.3, -0.25) is 4.79 Å². The van der Waals surface area contributed by atoms with Crippen molar-refractivity contribution in [3.05, 3.63) is 65.7 Å². The number of thiazole rings is 1. The fourth-order valence-electron chi connectivity index (χ4n) is 2.73. The lowest BCUT2D eigenvalue weighted by atomic mass is 10.2. The summed E-state index contributed by atoms with van der Waals surface area (Å²) in [7, 11) is 0. The quantitative estimate of drug-likeness (QED) is 0.506. The molecule has 0 aliphatic carbocycles. The van der Waals surface area contributed by atoms with Crippen LogP contribution in [0, 0.1) is 18.6 Å². The lowest BCUT2D eigenvalue weighted by molar-refractivity contribution is -0.116. The minimum absolute atomic E-state index is 0.120. The second kappa shape index (κ2) is 7.47. The van der Waals surface area contributed by atoms with Gasteiger partial charge in [0.05, 0.1) is 22.0 Å². The van der Waals surface area contributed by atoms with E-state index in [9.17, 15) is 13.6 Å². The monoisotopic (exact) mass is 399 g/mol. The first-order chi connectivity index (χ1) is 13.5. The van der Waals surface area contributed by atoms with E-state index >= 15 is 0 Å². The standard InChI is InChI=1S/C20H15F2N3O2S/c1-11-2-5-15-17(8-11)28-20(24-15)25-18(26)6-7-19-23-10-16(27-19)13-4-3-12(21)9-14(13)22/h2-5,8-10H,6-7H2,1H3,(H,24,25,26). The van der Waals surface area contributed by atoms with Crippen LogP contribution in [-0.4, -0.2) is 15.9 Å². The number of aromatic nitrogens is 2. The van der Waals surface area contributed by atoms with Crippen LogP contribution in [0.5, 0.6) is 0 Å². The molecule has 1 N–H and O–H groups in total. The summed E-state index contributed by atoms with van der Waals surface area (Å²) in [6.07, 6.45) is 1.75. The summed E-state index contributed by atoms with van der Waals surface area (Å²) in [6, 6.07) is 9.12. The Morgan fingerprint density at radius 3 is 2.89 bits per heavy atom. The van der Waals surface area contributed by atoms with Gasteiger partial charge in [0.2, 0.25) is 5.91 Å². The van der Waals surface area contributed by atoms with E-state index in [1.54, 1.807) is 0 Å². The number of fused-ring (bicyclic) bond motifs is 1. The predicted molar refractivity (Wildman–Crippen MR) is 103 cm³/mol. The zero-order chi connectivity index (χ0) is 19.7. The normalized spacial score (nSPS) is 11.1. The van der Waals surface area contributed by atoms with Crippen LogP contribution >= 0.6 is 11.3 Å². The van der Waals surface area contributed by atoms with Crippen LogP contribution in [0.15, 0.2) is 47.0 Å². The van der Waals surface area contributed by atoms with Gasteiger partial charge in [0, 0.05) is 18.9 Å². The Labute approximate surface area is 163 Å².